The molecular formula is C22H25BrClFN2O2S. The number of hydrogen-bond acceptors (Lipinski definition) is 3. The first-order valence-corrected chi connectivity index (χ1v) is 12.0. The fourth-order valence-corrected chi connectivity index (χ4v) is 4.27. The molecule has 4 nitrogen and oxygen atoms in total. The zero-order valence-corrected chi connectivity index (χ0v) is 20.1. The first kappa shape index (κ1) is 24.7. The number of rotatable bonds is 10. The Kier molecular flexibility index (Phi) is 10.1. The smallest absolute Gasteiger partial charge is 0.242 e. The van der Waals surface area contributed by atoms with Gasteiger partial charge >= 0.3 is 0 Å². The van der Waals surface area contributed by atoms with E-state index in [1.54, 1.807) is 24.0 Å². The Bertz CT molecular complexity index is 846. The van der Waals surface area contributed by atoms with Gasteiger partial charge < -0.3 is 10.2 Å². The zero-order chi connectivity index (χ0) is 22.1. The number of amides is 2. The largest absolute Gasteiger partial charge is 0.354 e. The molecule has 2 aromatic carbocycles. The van der Waals surface area contributed by atoms with E-state index in [1.165, 1.54) is 17.8 Å². The number of thioether (sulfide) groups is 1. The Hall–Kier alpha value is -1.57. The van der Waals surface area contributed by atoms with Crippen molar-refractivity contribution < 1.29 is 14.0 Å². The normalized spacial score (nSPS) is 11.8. The molecule has 1 atom stereocenters. The van der Waals surface area contributed by atoms with Gasteiger partial charge in [0.05, 0.1) is 5.75 Å². The third-order valence-corrected chi connectivity index (χ3v) is 6.34. The standard InChI is InChI=1S/C22H25BrClFN2O2S/c1-3-11-26-22(29)15(2)27(12-16-7-9-17(23)10-8-16)21(28)14-30-13-18-19(24)5-4-6-20(18)25/h4-10,15H,3,11-14H2,1-2H3,(H,26,29)/t15-/m1/s1. The number of nitrogens with one attached hydrogen (secondary N) is 1. The van der Waals surface area contributed by atoms with E-state index >= 15 is 0 Å². The molecule has 0 spiro atoms. The number of benzene rings is 2. The second kappa shape index (κ2) is 12.3. The van der Waals surface area contributed by atoms with Crippen molar-refractivity contribution in [2.45, 2.75) is 38.6 Å². The van der Waals surface area contributed by atoms with E-state index in [-0.39, 0.29) is 29.1 Å². The molecule has 2 amide bonds. The molecule has 0 radical (unpaired) electrons. The number of halogens is 3. The molecule has 0 aromatic heterocycles. The van der Waals surface area contributed by atoms with Gasteiger partial charge in [0, 0.05) is 33.9 Å². The van der Waals surface area contributed by atoms with Crippen LogP contribution in [0.5, 0.6) is 0 Å². The van der Waals surface area contributed by atoms with Crippen molar-refractivity contribution in [1.82, 2.24) is 10.2 Å². The van der Waals surface area contributed by atoms with Gasteiger partial charge in [0.1, 0.15) is 11.9 Å². The van der Waals surface area contributed by atoms with Gasteiger partial charge in [-0.3, -0.25) is 9.59 Å². The third kappa shape index (κ3) is 7.29. The van der Waals surface area contributed by atoms with Crippen LogP contribution in [0, 0.1) is 5.82 Å². The van der Waals surface area contributed by atoms with Gasteiger partial charge in [-0.25, -0.2) is 4.39 Å². The van der Waals surface area contributed by atoms with Crippen LogP contribution in [-0.4, -0.2) is 35.1 Å². The summed E-state index contributed by atoms with van der Waals surface area (Å²) in [4.78, 5) is 27.0. The summed E-state index contributed by atoms with van der Waals surface area (Å²) in [6, 6.07) is 11.5. The lowest BCUT2D eigenvalue weighted by Gasteiger charge is -2.28. The maximum absolute atomic E-state index is 14.0. The highest BCUT2D eigenvalue weighted by Gasteiger charge is 2.26. The molecular weight excluding hydrogens is 491 g/mol. The van der Waals surface area contributed by atoms with E-state index in [0.717, 1.165) is 16.5 Å². The van der Waals surface area contributed by atoms with Gasteiger partial charge in [-0.1, -0.05) is 52.7 Å². The predicted octanol–water partition coefficient (Wildman–Crippen LogP) is 5.42. The molecule has 2 aromatic rings. The number of hydrogen-bond donors (Lipinski definition) is 1. The molecule has 2 rings (SSSR count). The van der Waals surface area contributed by atoms with Gasteiger partial charge in [-0.2, -0.15) is 0 Å². The van der Waals surface area contributed by atoms with Gasteiger partial charge in [0.2, 0.25) is 11.8 Å². The Morgan fingerprint density at radius 3 is 2.57 bits per heavy atom. The highest BCUT2D eigenvalue weighted by molar-refractivity contribution is 9.10. The van der Waals surface area contributed by atoms with E-state index in [9.17, 15) is 14.0 Å². The molecule has 1 N–H and O–H groups in total. The summed E-state index contributed by atoms with van der Waals surface area (Å²) in [7, 11) is 0. The van der Waals surface area contributed by atoms with Crippen LogP contribution in [0.25, 0.3) is 0 Å². The lowest BCUT2D eigenvalue weighted by molar-refractivity contribution is -0.138. The van der Waals surface area contributed by atoms with Crippen molar-refractivity contribution >= 4 is 51.1 Å². The SMILES string of the molecule is CCCNC(=O)[C@@H](C)N(Cc1ccc(Br)cc1)C(=O)CSCc1c(F)cccc1Cl. The summed E-state index contributed by atoms with van der Waals surface area (Å²) in [5.74, 6) is -0.368. The minimum Gasteiger partial charge on any atom is -0.354 e. The third-order valence-electron chi connectivity index (χ3n) is 4.52. The van der Waals surface area contributed by atoms with Crippen molar-refractivity contribution in [3.63, 3.8) is 0 Å². The summed E-state index contributed by atoms with van der Waals surface area (Å²) in [5, 5.41) is 3.19. The molecule has 0 saturated heterocycles. The minimum absolute atomic E-state index is 0.118. The van der Waals surface area contributed by atoms with E-state index in [4.69, 9.17) is 11.6 Å². The van der Waals surface area contributed by atoms with Gasteiger partial charge in [-0.05, 0) is 43.2 Å². The Labute approximate surface area is 194 Å². The second-order valence-corrected chi connectivity index (χ2v) is 9.12. The average Bonchev–Trinajstić information content (AvgIpc) is 2.73. The van der Waals surface area contributed by atoms with E-state index in [1.807, 2.05) is 31.2 Å². The molecule has 0 aliphatic heterocycles. The quantitative estimate of drug-likeness (QED) is 0.460. The summed E-state index contributed by atoms with van der Waals surface area (Å²) in [6.45, 7) is 4.57. The van der Waals surface area contributed by atoms with Crippen molar-refractivity contribution in [2.24, 2.45) is 0 Å². The average molecular weight is 516 g/mol. The monoisotopic (exact) mass is 514 g/mol. The molecule has 8 heteroatoms. The maximum Gasteiger partial charge on any atom is 0.242 e. The van der Waals surface area contributed by atoms with Gasteiger partial charge in [0.25, 0.3) is 0 Å². The first-order valence-electron chi connectivity index (χ1n) is 9.65. The summed E-state index contributed by atoms with van der Waals surface area (Å²) < 4.78 is 14.9. The van der Waals surface area contributed by atoms with Crippen molar-refractivity contribution in [1.29, 1.82) is 0 Å². The summed E-state index contributed by atoms with van der Waals surface area (Å²) >= 11 is 10.7. The molecule has 0 aliphatic carbocycles. The number of nitrogens with zero attached hydrogens (tertiary/aromatic N) is 1. The molecule has 0 unspecified atom stereocenters. The summed E-state index contributed by atoms with van der Waals surface area (Å²) in [5.41, 5.74) is 1.30. The number of carbonyl (C=O) groups is 2. The molecule has 0 bridgehead atoms. The minimum atomic E-state index is -0.620. The lowest BCUT2D eigenvalue weighted by atomic mass is 10.1. The maximum atomic E-state index is 14.0. The van der Waals surface area contributed by atoms with E-state index in [2.05, 4.69) is 21.2 Å². The number of carbonyl (C=O) groups excluding carboxylic acids is 2. The molecule has 0 fully saturated rings. The van der Waals surface area contributed by atoms with Crippen LogP contribution < -0.4 is 5.32 Å². The molecule has 0 heterocycles. The van der Waals surface area contributed by atoms with E-state index in [0.29, 0.717) is 23.7 Å². The highest BCUT2D eigenvalue weighted by Crippen LogP contribution is 2.24. The van der Waals surface area contributed by atoms with Crippen molar-refractivity contribution in [3.8, 4) is 0 Å². The highest BCUT2D eigenvalue weighted by atomic mass is 79.9. The van der Waals surface area contributed by atoms with E-state index < -0.39 is 6.04 Å². The van der Waals surface area contributed by atoms with Crippen LogP contribution in [0.4, 0.5) is 4.39 Å². The molecule has 0 aliphatic rings. The van der Waals surface area contributed by atoms with Crippen molar-refractivity contribution in [3.05, 3.63) is 68.9 Å². The van der Waals surface area contributed by atoms with Crippen molar-refractivity contribution in [2.75, 3.05) is 12.3 Å². The van der Waals surface area contributed by atoms with Crippen LogP contribution >= 0.6 is 39.3 Å². The van der Waals surface area contributed by atoms with Gasteiger partial charge in [0.15, 0.2) is 0 Å². The Morgan fingerprint density at radius 2 is 1.93 bits per heavy atom. The Balaban J connectivity index is 2.08. The summed E-state index contributed by atoms with van der Waals surface area (Å²) in [6.07, 6.45) is 0.818. The fraction of sp³-hybridized carbons (Fsp3) is 0.364. The molecule has 0 saturated carbocycles. The topological polar surface area (TPSA) is 49.4 Å². The van der Waals surface area contributed by atoms with Crippen LogP contribution in [0.3, 0.4) is 0 Å². The molecule has 30 heavy (non-hydrogen) atoms. The second-order valence-electron chi connectivity index (χ2n) is 6.81. The van der Waals surface area contributed by atoms with Crippen LogP contribution in [0.1, 0.15) is 31.4 Å². The fourth-order valence-electron chi connectivity index (χ4n) is 2.76. The van der Waals surface area contributed by atoms with Crippen LogP contribution in [0.2, 0.25) is 5.02 Å². The van der Waals surface area contributed by atoms with Crippen LogP contribution in [0.15, 0.2) is 46.9 Å². The zero-order valence-electron chi connectivity index (χ0n) is 17.0. The Morgan fingerprint density at radius 1 is 1.23 bits per heavy atom. The molecule has 162 valence electrons. The van der Waals surface area contributed by atoms with Crippen LogP contribution in [-0.2, 0) is 21.9 Å². The van der Waals surface area contributed by atoms with Gasteiger partial charge in [-0.15, -0.1) is 11.8 Å². The first-order chi connectivity index (χ1) is 14.3. The lowest BCUT2D eigenvalue weighted by Crippen LogP contribution is -2.48. The predicted molar refractivity (Wildman–Crippen MR) is 125 cm³/mol.